The number of aryl methyl sites for hydroxylation is 2. The van der Waals surface area contributed by atoms with E-state index in [0.29, 0.717) is 19.1 Å². The Hall–Kier alpha value is -2.83. The molecule has 2 rings (SSSR count). The molecule has 0 saturated heterocycles. The first-order chi connectivity index (χ1) is 11.1. The number of nitrogens with two attached hydrogens (primary N) is 1. The van der Waals surface area contributed by atoms with Gasteiger partial charge in [0, 0.05) is 6.54 Å². The maximum atomic E-state index is 5.80. The van der Waals surface area contributed by atoms with Crippen LogP contribution in [0.3, 0.4) is 0 Å². The highest BCUT2D eigenvalue weighted by Crippen LogP contribution is 2.12. The van der Waals surface area contributed by atoms with Gasteiger partial charge in [-0.05, 0) is 36.8 Å². The third-order valence-corrected chi connectivity index (χ3v) is 3.30. The molecule has 0 amide bonds. The van der Waals surface area contributed by atoms with Gasteiger partial charge < -0.3 is 10.5 Å². The normalized spacial score (nSPS) is 11.9. The first kappa shape index (κ1) is 16.5. The van der Waals surface area contributed by atoms with Crippen molar-refractivity contribution in [3.8, 4) is 5.75 Å². The van der Waals surface area contributed by atoms with E-state index in [2.05, 4.69) is 15.5 Å². The molecule has 2 aromatic rings. The summed E-state index contributed by atoms with van der Waals surface area (Å²) in [4.78, 5) is 3.98. The van der Waals surface area contributed by atoms with Gasteiger partial charge in [-0.25, -0.2) is 14.6 Å². The summed E-state index contributed by atoms with van der Waals surface area (Å²) >= 11 is 0. The molecule has 122 valence electrons. The van der Waals surface area contributed by atoms with Crippen LogP contribution in [-0.2, 0) is 20.7 Å². The van der Waals surface area contributed by atoms with Crippen LogP contribution in [0.25, 0.3) is 0 Å². The largest absolute Gasteiger partial charge is 0.481 e. The van der Waals surface area contributed by atoms with Gasteiger partial charge in [0.2, 0.25) is 5.96 Å². The van der Waals surface area contributed by atoms with Crippen LogP contribution in [0.1, 0.15) is 18.3 Å². The Labute approximate surface area is 136 Å². The zero-order chi connectivity index (χ0) is 16.7. The third-order valence-electron chi connectivity index (χ3n) is 3.30. The van der Waals surface area contributed by atoms with Crippen molar-refractivity contribution in [2.24, 2.45) is 29.9 Å². The minimum Gasteiger partial charge on any atom is -0.481 e. The van der Waals surface area contributed by atoms with E-state index >= 15 is 0 Å². The summed E-state index contributed by atoms with van der Waals surface area (Å²) in [6.45, 7) is 3.05. The summed E-state index contributed by atoms with van der Waals surface area (Å²) in [5.74, 6) is 2.20. The van der Waals surface area contributed by atoms with Crippen molar-refractivity contribution in [1.82, 2.24) is 9.99 Å². The molecule has 0 aliphatic carbocycles. The third kappa shape index (κ3) is 4.84. The smallest absolute Gasteiger partial charge is 0.294 e. The molecule has 0 fully saturated rings. The second-order valence-electron chi connectivity index (χ2n) is 5.02. The molecule has 0 radical (unpaired) electrons. The molecule has 0 bridgehead atoms. The van der Waals surface area contributed by atoms with Gasteiger partial charge in [0.25, 0.3) is 5.82 Å². The van der Waals surface area contributed by atoms with Crippen molar-refractivity contribution < 1.29 is 9.30 Å². The first-order valence-corrected chi connectivity index (χ1v) is 7.42. The summed E-state index contributed by atoms with van der Waals surface area (Å²) in [5, 5.41) is 4.02. The highest BCUT2D eigenvalue weighted by Gasteiger charge is 2.11. The average molecular weight is 315 g/mol. The molecule has 1 heterocycles. The second kappa shape index (κ2) is 7.98. The molecule has 0 spiro atoms. The molecule has 0 unspecified atom stereocenters. The minimum atomic E-state index is 0.305. The number of guanidine groups is 1. The van der Waals surface area contributed by atoms with E-state index < -0.39 is 0 Å². The highest BCUT2D eigenvalue weighted by molar-refractivity contribution is 5.83. The lowest BCUT2D eigenvalue weighted by Crippen LogP contribution is -2.32. The van der Waals surface area contributed by atoms with E-state index in [0.717, 1.165) is 17.1 Å². The number of hydrazone groups is 1. The summed E-state index contributed by atoms with van der Waals surface area (Å²) < 4.78 is 9.87. The van der Waals surface area contributed by atoms with E-state index in [1.165, 1.54) is 0 Å². The minimum absolute atomic E-state index is 0.305. The van der Waals surface area contributed by atoms with Crippen molar-refractivity contribution in [3.63, 3.8) is 0 Å². The Morgan fingerprint density at radius 2 is 2.13 bits per heavy atom. The molecular weight excluding hydrogens is 292 g/mol. The number of benzene rings is 1. The molecule has 1 aromatic heterocycles. The number of hydrogen-bond acceptors (Lipinski definition) is 3. The maximum Gasteiger partial charge on any atom is 0.294 e. The quantitative estimate of drug-likeness (QED) is 0.356. The van der Waals surface area contributed by atoms with Crippen LogP contribution in [0.15, 0.2) is 46.8 Å². The van der Waals surface area contributed by atoms with Gasteiger partial charge in [0.05, 0.1) is 20.3 Å². The van der Waals surface area contributed by atoms with Gasteiger partial charge in [-0.3, -0.25) is 4.99 Å². The Bertz CT molecular complexity index is 668. The van der Waals surface area contributed by atoms with E-state index in [9.17, 15) is 0 Å². The van der Waals surface area contributed by atoms with Gasteiger partial charge in [0.15, 0.2) is 6.61 Å². The van der Waals surface area contributed by atoms with E-state index in [4.69, 9.17) is 10.5 Å². The molecule has 3 N–H and O–H groups in total. The number of nitrogens with one attached hydrogen (secondary N) is 1. The fraction of sp³-hybridized carbons (Fsp3) is 0.312. The van der Waals surface area contributed by atoms with E-state index in [1.54, 1.807) is 6.21 Å². The molecular formula is C16H23N6O+. The fourth-order valence-electron chi connectivity index (χ4n) is 2.00. The highest BCUT2D eigenvalue weighted by atomic mass is 16.5. The Morgan fingerprint density at radius 3 is 2.74 bits per heavy atom. The lowest BCUT2D eigenvalue weighted by atomic mass is 10.2. The second-order valence-corrected chi connectivity index (χ2v) is 5.02. The fourth-order valence-corrected chi connectivity index (χ4v) is 2.00. The molecule has 0 saturated carbocycles. The van der Waals surface area contributed by atoms with Crippen molar-refractivity contribution in [2.45, 2.75) is 13.5 Å². The molecule has 1 aromatic carbocycles. The topological polar surface area (TPSA) is 80.8 Å². The van der Waals surface area contributed by atoms with Crippen molar-refractivity contribution in [1.29, 1.82) is 0 Å². The van der Waals surface area contributed by atoms with Crippen LogP contribution < -0.4 is 20.5 Å². The van der Waals surface area contributed by atoms with Crippen LogP contribution in [0, 0.1) is 0 Å². The number of imidazole rings is 1. The van der Waals surface area contributed by atoms with Crippen molar-refractivity contribution in [3.05, 3.63) is 48.0 Å². The average Bonchev–Trinajstić information content (AvgIpc) is 2.85. The van der Waals surface area contributed by atoms with Crippen molar-refractivity contribution in [2.75, 3.05) is 6.54 Å². The maximum absolute atomic E-state index is 5.80. The number of hydrogen-bond donors (Lipinski definition) is 2. The summed E-state index contributed by atoms with van der Waals surface area (Å²) in [5.41, 5.74) is 9.19. The lowest BCUT2D eigenvalue weighted by molar-refractivity contribution is -0.680. The predicted octanol–water partition coefficient (Wildman–Crippen LogP) is 0.687. The number of rotatable bonds is 6. The summed E-state index contributed by atoms with van der Waals surface area (Å²) in [6, 6.07) is 7.68. The van der Waals surface area contributed by atoms with Gasteiger partial charge in [-0.1, -0.05) is 0 Å². The summed E-state index contributed by atoms with van der Waals surface area (Å²) in [6.07, 6.45) is 5.68. The Kier molecular flexibility index (Phi) is 5.74. The predicted molar refractivity (Wildman–Crippen MR) is 90.3 cm³/mol. The summed E-state index contributed by atoms with van der Waals surface area (Å²) in [7, 11) is 4.00. The van der Waals surface area contributed by atoms with Crippen molar-refractivity contribution >= 4 is 12.2 Å². The SMILES string of the molecule is CCN=C(N)N/N=C\c1ccc(OCc2n(C)cc[n+]2C)cc1. The molecule has 7 heteroatoms. The van der Waals surface area contributed by atoms with Gasteiger partial charge in [-0.2, -0.15) is 5.10 Å². The first-order valence-electron chi connectivity index (χ1n) is 7.42. The van der Waals surface area contributed by atoms with E-state index in [1.807, 2.05) is 66.8 Å². The zero-order valence-corrected chi connectivity index (χ0v) is 13.7. The van der Waals surface area contributed by atoms with Gasteiger partial charge >= 0.3 is 0 Å². The number of aliphatic imine (C=N–C) groups is 1. The van der Waals surface area contributed by atoms with Crippen LogP contribution in [0.2, 0.25) is 0 Å². The molecule has 0 aliphatic rings. The van der Waals surface area contributed by atoms with Gasteiger partial charge in [0.1, 0.15) is 18.1 Å². The molecule has 7 nitrogen and oxygen atoms in total. The van der Waals surface area contributed by atoms with Gasteiger partial charge in [-0.15, -0.1) is 0 Å². The van der Waals surface area contributed by atoms with Crippen LogP contribution in [0.4, 0.5) is 0 Å². The Balaban J connectivity index is 1.89. The zero-order valence-electron chi connectivity index (χ0n) is 13.7. The Morgan fingerprint density at radius 1 is 1.39 bits per heavy atom. The standard InChI is InChI=1S/C16H23N6O/c1-4-18-16(17)20-19-11-13-5-7-14(8-6-13)23-12-15-21(2)9-10-22(15)3/h5-11H,4,12H2,1-3H3,(H3,17,18,20)/q+1/b19-11-. The number of aromatic nitrogens is 2. The van der Waals surface area contributed by atoms with Crippen LogP contribution in [0.5, 0.6) is 5.75 Å². The number of ether oxygens (including phenoxy) is 1. The lowest BCUT2D eigenvalue weighted by Gasteiger charge is -2.05. The molecule has 0 atom stereocenters. The van der Waals surface area contributed by atoms with E-state index in [-0.39, 0.29) is 0 Å². The molecule has 0 aliphatic heterocycles. The molecule has 23 heavy (non-hydrogen) atoms. The monoisotopic (exact) mass is 315 g/mol. The van der Waals surface area contributed by atoms with Crippen LogP contribution in [-0.4, -0.2) is 23.3 Å². The number of nitrogens with zero attached hydrogens (tertiary/aromatic N) is 4. The van der Waals surface area contributed by atoms with Crippen LogP contribution >= 0.6 is 0 Å².